The zero-order valence-corrected chi connectivity index (χ0v) is 16.5. The molecule has 0 atom stereocenters. The second-order valence-electron chi connectivity index (χ2n) is 7.20. The van der Waals surface area contributed by atoms with Gasteiger partial charge in [-0.2, -0.15) is 12.7 Å². The van der Waals surface area contributed by atoms with E-state index in [9.17, 15) is 17.6 Å². The van der Waals surface area contributed by atoms with Gasteiger partial charge in [0.2, 0.25) is 0 Å². The van der Waals surface area contributed by atoms with Crippen molar-refractivity contribution in [2.45, 2.75) is 39.5 Å². The fraction of sp³-hybridized carbons (Fsp3) is 0.316. The average molecular weight is 409 g/mol. The van der Waals surface area contributed by atoms with E-state index in [2.05, 4.69) is 0 Å². The second-order valence-corrected chi connectivity index (χ2v) is 8.66. The van der Waals surface area contributed by atoms with Crippen LogP contribution in [0.25, 0.3) is 0 Å². The Kier molecular flexibility index (Phi) is 5.20. The Bertz CT molecular complexity index is 985. The third-order valence-electron chi connectivity index (χ3n) is 3.71. The summed E-state index contributed by atoms with van der Waals surface area (Å²) in [6, 6.07) is 11.8. The summed E-state index contributed by atoms with van der Waals surface area (Å²) >= 11 is 0. The van der Waals surface area contributed by atoms with Gasteiger partial charge in [-0.1, -0.05) is 30.3 Å². The summed E-state index contributed by atoms with van der Waals surface area (Å²) in [5.41, 5.74) is 0.136. The molecule has 1 heterocycles. The Morgan fingerprint density at radius 2 is 1.89 bits per heavy atom. The zero-order chi connectivity index (χ0) is 20.5. The highest BCUT2D eigenvalue weighted by atomic mass is 32.2. The van der Waals surface area contributed by atoms with Gasteiger partial charge in [-0.25, -0.2) is 9.18 Å². The molecule has 1 aliphatic rings. The van der Waals surface area contributed by atoms with Crippen LogP contribution in [-0.4, -0.2) is 24.4 Å². The minimum atomic E-state index is -4.52. The number of halogens is 1. The normalized spacial score (nSPS) is 15.4. The average Bonchev–Trinajstić information content (AvgIpc) is 2.59. The maximum absolute atomic E-state index is 14.4. The van der Waals surface area contributed by atoms with Crippen LogP contribution in [0, 0.1) is 5.82 Å². The van der Waals surface area contributed by atoms with Crippen LogP contribution < -0.4 is 8.92 Å². The van der Waals surface area contributed by atoms with Gasteiger partial charge in [0, 0.05) is 11.6 Å². The summed E-state index contributed by atoms with van der Waals surface area (Å²) in [5, 5.41) is 0. The van der Waals surface area contributed by atoms with Gasteiger partial charge in [-0.15, -0.1) is 0 Å². The minimum absolute atomic E-state index is 0.156. The maximum atomic E-state index is 14.4. The molecular weight excluding hydrogens is 389 g/mol. The molecule has 0 saturated heterocycles. The highest BCUT2D eigenvalue weighted by molar-refractivity contribution is 7.85. The number of nitrogens with zero attached hydrogens (tertiary/aromatic N) is 1. The van der Waals surface area contributed by atoms with E-state index in [1.807, 2.05) is 30.3 Å². The highest BCUT2D eigenvalue weighted by Crippen LogP contribution is 2.35. The predicted octanol–water partition coefficient (Wildman–Crippen LogP) is 3.78. The van der Waals surface area contributed by atoms with E-state index in [0.29, 0.717) is 4.31 Å². The molecule has 3 rings (SSSR count). The topological polar surface area (TPSA) is 82.1 Å². The lowest BCUT2D eigenvalue weighted by Crippen LogP contribution is -2.44. The number of amides is 1. The van der Waals surface area contributed by atoms with E-state index >= 15 is 0 Å². The van der Waals surface area contributed by atoms with Gasteiger partial charge in [-0.3, -0.25) is 0 Å². The Morgan fingerprint density at radius 3 is 2.54 bits per heavy atom. The molecule has 28 heavy (non-hydrogen) atoms. The molecule has 0 radical (unpaired) electrons. The van der Waals surface area contributed by atoms with E-state index in [4.69, 9.17) is 13.7 Å². The Balaban J connectivity index is 1.85. The molecule has 0 N–H and O–H groups in total. The van der Waals surface area contributed by atoms with Gasteiger partial charge in [0.1, 0.15) is 18.0 Å². The number of carbonyl (C=O) groups excluding carboxylic acids is 1. The molecule has 0 saturated carbocycles. The fourth-order valence-corrected chi connectivity index (χ4v) is 3.51. The molecule has 0 bridgehead atoms. The monoisotopic (exact) mass is 409 g/mol. The van der Waals surface area contributed by atoms with Crippen LogP contribution >= 0.6 is 0 Å². The molecule has 1 aliphatic heterocycles. The first-order chi connectivity index (χ1) is 13.0. The quantitative estimate of drug-likeness (QED) is 0.767. The SMILES string of the molecule is CC(C)(C)OC(=O)N1Cc2cc(OCc3ccccc3)cc(F)c2OS1(=O)=O. The summed E-state index contributed by atoms with van der Waals surface area (Å²) in [5.74, 6) is -1.16. The molecule has 2 aromatic carbocycles. The van der Waals surface area contributed by atoms with Crippen molar-refractivity contribution in [3.63, 3.8) is 0 Å². The summed E-state index contributed by atoms with van der Waals surface area (Å²) in [6.07, 6.45) is -1.10. The molecule has 0 unspecified atom stereocenters. The molecular formula is C19H20FNO6S. The molecule has 150 valence electrons. The van der Waals surface area contributed by atoms with Crippen molar-refractivity contribution in [1.29, 1.82) is 0 Å². The first-order valence-electron chi connectivity index (χ1n) is 8.49. The van der Waals surface area contributed by atoms with E-state index in [1.165, 1.54) is 6.07 Å². The van der Waals surface area contributed by atoms with Crippen LogP contribution in [0.4, 0.5) is 9.18 Å². The Labute approximate surface area is 162 Å². The van der Waals surface area contributed by atoms with Gasteiger partial charge in [0.15, 0.2) is 11.6 Å². The van der Waals surface area contributed by atoms with Crippen LogP contribution in [-0.2, 0) is 28.2 Å². The van der Waals surface area contributed by atoms with Crippen LogP contribution in [0.1, 0.15) is 31.9 Å². The number of hydrogen-bond acceptors (Lipinski definition) is 6. The maximum Gasteiger partial charge on any atom is 0.427 e. The van der Waals surface area contributed by atoms with Crippen LogP contribution in [0.15, 0.2) is 42.5 Å². The lowest BCUT2D eigenvalue weighted by molar-refractivity contribution is 0.0362. The van der Waals surface area contributed by atoms with Crippen LogP contribution in [0.5, 0.6) is 11.5 Å². The molecule has 0 aromatic heterocycles. The minimum Gasteiger partial charge on any atom is -0.489 e. The standard InChI is InChI=1S/C19H20FNO6S/c1-19(2,3)26-18(22)21-11-14-9-15(25-12-13-7-5-4-6-8-13)10-16(20)17(14)27-28(21,23)24/h4-10H,11-12H2,1-3H3. The van der Waals surface area contributed by atoms with Gasteiger partial charge >= 0.3 is 16.4 Å². The third kappa shape index (κ3) is 4.53. The van der Waals surface area contributed by atoms with Gasteiger partial charge in [-0.05, 0) is 32.4 Å². The van der Waals surface area contributed by atoms with E-state index in [0.717, 1.165) is 11.6 Å². The molecule has 7 nitrogen and oxygen atoms in total. The Morgan fingerprint density at radius 1 is 1.21 bits per heavy atom. The number of carbonyl (C=O) groups is 1. The van der Waals surface area contributed by atoms with E-state index < -0.39 is 40.1 Å². The van der Waals surface area contributed by atoms with Gasteiger partial charge in [0.05, 0.1) is 6.54 Å². The molecule has 0 spiro atoms. The van der Waals surface area contributed by atoms with Crippen molar-refractivity contribution in [2.24, 2.45) is 0 Å². The van der Waals surface area contributed by atoms with Crippen molar-refractivity contribution in [3.8, 4) is 11.5 Å². The van der Waals surface area contributed by atoms with Crippen molar-refractivity contribution in [2.75, 3.05) is 0 Å². The van der Waals surface area contributed by atoms with E-state index in [1.54, 1.807) is 20.8 Å². The Hall–Kier alpha value is -2.81. The van der Waals surface area contributed by atoms with Gasteiger partial charge in [0.25, 0.3) is 0 Å². The fourth-order valence-electron chi connectivity index (χ4n) is 2.51. The first kappa shape index (κ1) is 19.9. The summed E-state index contributed by atoms with van der Waals surface area (Å²) in [7, 11) is -4.52. The lowest BCUT2D eigenvalue weighted by Gasteiger charge is -2.30. The van der Waals surface area contributed by atoms with Crippen LogP contribution in [0.3, 0.4) is 0 Å². The number of benzene rings is 2. The third-order valence-corrected chi connectivity index (χ3v) is 4.91. The predicted molar refractivity (Wildman–Crippen MR) is 98.5 cm³/mol. The van der Waals surface area contributed by atoms with Crippen molar-refractivity contribution < 1.29 is 31.3 Å². The number of fused-ring (bicyclic) bond motifs is 1. The lowest BCUT2D eigenvalue weighted by atomic mass is 10.1. The highest BCUT2D eigenvalue weighted by Gasteiger charge is 2.39. The van der Waals surface area contributed by atoms with E-state index in [-0.39, 0.29) is 17.9 Å². The molecule has 0 aliphatic carbocycles. The summed E-state index contributed by atoms with van der Waals surface area (Å²) in [4.78, 5) is 12.2. The number of ether oxygens (including phenoxy) is 2. The zero-order valence-electron chi connectivity index (χ0n) is 15.6. The summed E-state index contributed by atoms with van der Waals surface area (Å²) in [6.45, 7) is 4.59. The molecule has 1 amide bonds. The summed E-state index contributed by atoms with van der Waals surface area (Å²) < 4.78 is 54.7. The second kappa shape index (κ2) is 7.31. The molecule has 2 aromatic rings. The van der Waals surface area contributed by atoms with Gasteiger partial charge < -0.3 is 13.7 Å². The molecule has 9 heteroatoms. The van der Waals surface area contributed by atoms with Crippen molar-refractivity contribution >= 4 is 16.4 Å². The smallest absolute Gasteiger partial charge is 0.427 e. The first-order valence-corrected chi connectivity index (χ1v) is 9.86. The van der Waals surface area contributed by atoms with Crippen molar-refractivity contribution in [3.05, 3.63) is 59.4 Å². The number of rotatable bonds is 3. The number of hydrogen-bond donors (Lipinski definition) is 0. The largest absolute Gasteiger partial charge is 0.489 e. The van der Waals surface area contributed by atoms with Crippen LogP contribution in [0.2, 0.25) is 0 Å². The molecule has 0 fully saturated rings. The van der Waals surface area contributed by atoms with Crippen molar-refractivity contribution in [1.82, 2.24) is 4.31 Å².